The molecular formula is C9H7Br2FO. The molecule has 1 aromatic rings. The Morgan fingerprint density at radius 1 is 1.38 bits per heavy atom. The highest BCUT2D eigenvalue weighted by Gasteiger charge is 2.15. The van der Waals surface area contributed by atoms with E-state index in [1.54, 1.807) is 12.1 Å². The van der Waals surface area contributed by atoms with Crippen molar-refractivity contribution in [1.29, 1.82) is 0 Å². The van der Waals surface area contributed by atoms with E-state index in [1.165, 1.54) is 6.08 Å². The van der Waals surface area contributed by atoms with Crippen LogP contribution in [-0.2, 0) is 0 Å². The molecule has 0 aromatic heterocycles. The summed E-state index contributed by atoms with van der Waals surface area (Å²) >= 11 is 6.19. The van der Waals surface area contributed by atoms with Crippen LogP contribution in [-0.4, -0.2) is 5.11 Å². The van der Waals surface area contributed by atoms with E-state index in [-0.39, 0.29) is 5.56 Å². The largest absolute Gasteiger partial charge is 0.384 e. The minimum Gasteiger partial charge on any atom is -0.384 e. The van der Waals surface area contributed by atoms with Gasteiger partial charge in [-0.1, -0.05) is 22.0 Å². The second-order valence-electron chi connectivity index (χ2n) is 2.44. The first-order chi connectivity index (χ1) is 6.07. The van der Waals surface area contributed by atoms with Crippen molar-refractivity contribution >= 4 is 31.9 Å². The molecule has 1 aromatic carbocycles. The topological polar surface area (TPSA) is 20.2 Å². The standard InChI is InChI=1S/C9H7Br2FO/c1-2-7(13)8-5(10)3-4-6(11)9(8)12/h2-4,7,13H,1H2. The van der Waals surface area contributed by atoms with Gasteiger partial charge in [0.1, 0.15) is 11.9 Å². The fourth-order valence-corrected chi connectivity index (χ4v) is 1.82. The van der Waals surface area contributed by atoms with Crippen LogP contribution < -0.4 is 0 Å². The molecular weight excluding hydrogens is 303 g/mol. The lowest BCUT2D eigenvalue weighted by atomic mass is 10.1. The van der Waals surface area contributed by atoms with Crippen LogP contribution in [0.25, 0.3) is 0 Å². The molecule has 1 atom stereocenters. The van der Waals surface area contributed by atoms with Crippen molar-refractivity contribution in [2.75, 3.05) is 0 Å². The Labute approximate surface area is 92.5 Å². The molecule has 1 nitrogen and oxygen atoms in total. The first kappa shape index (κ1) is 10.9. The second kappa shape index (κ2) is 4.35. The summed E-state index contributed by atoms with van der Waals surface area (Å²) in [6.45, 7) is 3.40. The molecule has 0 spiro atoms. The average Bonchev–Trinajstić information content (AvgIpc) is 2.12. The number of hydrogen-bond acceptors (Lipinski definition) is 1. The normalized spacial score (nSPS) is 12.6. The first-order valence-corrected chi connectivity index (χ1v) is 5.10. The summed E-state index contributed by atoms with van der Waals surface area (Å²) in [6, 6.07) is 3.23. The molecule has 0 bridgehead atoms. The molecule has 0 saturated carbocycles. The van der Waals surface area contributed by atoms with Crippen LogP contribution in [0.1, 0.15) is 11.7 Å². The Morgan fingerprint density at radius 3 is 2.46 bits per heavy atom. The number of rotatable bonds is 2. The summed E-state index contributed by atoms with van der Waals surface area (Å²) in [7, 11) is 0. The van der Waals surface area contributed by atoms with Gasteiger partial charge < -0.3 is 5.11 Å². The van der Waals surface area contributed by atoms with E-state index in [0.717, 1.165) is 0 Å². The third kappa shape index (κ3) is 2.18. The number of hydrogen-bond donors (Lipinski definition) is 1. The summed E-state index contributed by atoms with van der Waals surface area (Å²) in [5.41, 5.74) is 0.198. The first-order valence-electron chi connectivity index (χ1n) is 3.52. The Hall–Kier alpha value is -0.190. The van der Waals surface area contributed by atoms with Gasteiger partial charge in [-0.25, -0.2) is 4.39 Å². The van der Waals surface area contributed by atoms with E-state index in [2.05, 4.69) is 38.4 Å². The van der Waals surface area contributed by atoms with E-state index in [0.29, 0.717) is 8.95 Å². The van der Waals surface area contributed by atoms with Gasteiger partial charge in [-0.15, -0.1) is 6.58 Å². The van der Waals surface area contributed by atoms with Crippen molar-refractivity contribution < 1.29 is 9.50 Å². The van der Waals surface area contributed by atoms with Crippen LogP contribution >= 0.6 is 31.9 Å². The van der Waals surface area contributed by atoms with E-state index in [9.17, 15) is 9.50 Å². The average molecular weight is 310 g/mol. The molecule has 0 aliphatic rings. The SMILES string of the molecule is C=CC(O)c1c(Br)ccc(Br)c1F. The third-order valence-corrected chi connectivity index (χ3v) is 2.90. The molecule has 0 amide bonds. The number of benzene rings is 1. The molecule has 1 unspecified atom stereocenters. The molecule has 0 heterocycles. The van der Waals surface area contributed by atoms with Gasteiger partial charge in [0.25, 0.3) is 0 Å². The van der Waals surface area contributed by atoms with Gasteiger partial charge in [-0.3, -0.25) is 0 Å². The van der Waals surface area contributed by atoms with E-state index >= 15 is 0 Å². The van der Waals surface area contributed by atoms with Crippen LogP contribution in [0, 0.1) is 5.82 Å². The predicted molar refractivity (Wildman–Crippen MR) is 57.0 cm³/mol. The highest BCUT2D eigenvalue weighted by molar-refractivity contribution is 9.11. The van der Waals surface area contributed by atoms with Gasteiger partial charge in [0.05, 0.1) is 4.47 Å². The fraction of sp³-hybridized carbons (Fsp3) is 0.111. The quantitative estimate of drug-likeness (QED) is 0.654. The van der Waals surface area contributed by atoms with Crippen molar-refractivity contribution in [3.8, 4) is 0 Å². The monoisotopic (exact) mass is 308 g/mol. The zero-order valence-corrected chi connectivity index (χ0v) is 9.77. The zero-order chi connectivity index (χ0) is 10.0. The number of aliphatic hydroxyl groups is 1. The highest BCUT2D eigenvalue weighted by atomic mass is 79.9. The summed E-state index contributed by atoms with van der Waals surface area (Å²) in [5, 5.41) is 9.41. The van der Waals surface area contributed by atoms with Crippen LogP contribution in [0.4, 0.5) is 4.39 Å². The highest BCUT2D eigenvalue weighted by Crippen LogP contribution is 2.31. The Balaban J connectivity index is 3.32. The van der Waals surface area contributed by atoms with Crippen molar-refractivity contribution in [2.45, 2.75) is 6.10 Å². The van der Waals surface area contributed by atoms with Gasteiger partial charge in [-0.05, 0) is 28.1 Å². The molecule has 0 aliphatic heterocycles. The summed E-state index contributed by atoms with van der Waals surface area (Å²) in [6.07, 6.45) is 0.280. The summed E-state index contributed by atoms with van der Waals surface area (Å²) < 4.78 is 14.3. The molecule has 1 N–H and O–H groups in total. The Kier molecular flexibility index (Phi) is 3.64. The number of aliphatic hydroxyl groups excluding tert-OH is 1. The van der Waals surface area contributed by atoms with Crippen LogP contribution in [0.5, 0.6) is 0 Å². The van der Waals surface area contributed by atoms with Gasteiger partial charge >= 0.3 is 0 Å². The maximum absolute atomic E-state index is 13.4. The van der Waals surface area contributed by atoms with Gasteiger partial charge in [0.15, 0.2) is 0 Å². The molecule has 0 aliphatic carbocycles. The zero-order valence-electron chi connectivity index (χ0n) is 6.60. The number of halogens is 3. The molecule has 13 heavy (non-hydrogen) atoms. The second-order valence-corrected chi connectivity index (χ2v) is 4.15. The summed E-state index contributed by atoms with van der Waals surface area (Å²) in [4.78, 5) is 0. The van der Waals surface area contributed by atoms with Crippen molar-refractivity contribution in [1.82, 2.24) is 0 Å². The van der Waals surface area contributed by atoms with E-state index in [1.807, 2.05) is 0 Å². The minimum atomic E-state index is -0.994. The Bertz CT molecular complexity index is 339. The van der Waals surface area contributed by atoms with Gasteiger partial charge in [-0.2, -0.15) is 0 Å². The van der Waals surface area contributed by atoms with E-state index in [4.69, 9.17) is 0 Å². The predicted octanol–water partition coefficient (Wildman–Crippen LogP) is 3.57. The lowest BCUT2D eigenvalue weighted by molar-refractivity contribution is 0.222. The molecule has 1 rings (SSSR count). The smallest absolute Gasteiger partial charge is 0.144 e. The van der Waals surface area contributed by atoms with Crippen molar-refractivity contribution in [2.24, 2.45) is 0 Å². The molecule has 4 heteroatoms. The molecule has 0 radical (unpaired) electrons. The fourth-order valence-electron chi connectivity index (χ4n) is 0.932. The van der Waals surface area contributed by atoms with Crippen LogP contribution in [0.15, 0.2) is 33.7 Å². The van der Waals surface area contributed by atoms with Gasteiger partial charge in [0.2, 0.25) is 0 Å². The maximum Gasteiger partial charge on any atom is 0.144 e. The van der Waals surface area contributed by atoms with E-state index < -0.39 is 11.9 Å². The third-order valence-electron chi connectivity index (χ3n) is 1.60. The van der Waals surface area contributed by atoms with Crippen LogP contribution in [0.2, 0.25) is 0 Å². The lowest BCUT2D eigenvalue weighted by Gasteiger charge is -2.10. The molecule has 0 saturated heterocycles. The Morgan fingerprint density at radius 2 is 1.92 bits per heavy atom. The van der Waals surface area contributed by atoms with Crippen LogP contribution in [0.3, 0.4) is 0 Å². The molecule has 0 fully saturated rings. The minimum absolute atomic E-state index is 0.198. The van der Waals surface area contributed by atoms with Crippen molar-refractivity contribution in [3.63, 3.8) is 0 Å². The maximum atomic E-state index is 13.4. The molecule has 70 valence electrons. The van der Waals surface area contributed by atoms with Crippen molar-refractivity contribution in [3.05, 3.63) is 45.1 Å². The summed E-state index contributed by atoms with van der Waals surface area (Å²) in [5.74, 6) is -0.471. The lowest BCUT2D eigenvalue weighted by Crippen LogP contribution is -1.99. The van der Waals surface area contributed by atoms with Gasteiger partial charge in [0, 0.05) is 10.0 Å².